The van der Waals surface area contributed by atoms with Gasteiger partial charge in [-0.1, -0.05) is 36.5 Å². The zero-order valence-electron chi connectivity index (χ0n) is 10.8. The van der Waals surface area contributed by atoms with Gasteiger partial charge in [0.2, 0.25) is 0 Å². The molecule has 0 amide bonds. The van der Waals surface area contributed by atoms with Crippen molar-refractivity contribution in [2.24, 2.45) is 5.73 Å². The molecular formula is C16H14FNOS. The number of hydrogen-bond acceptors (Lipinski definition) is 2. The van der Waals surface area contributed by atoms with Gasteiger partial charge in [-0.05, 0) is 29.7 Å². The summed E-state index contributed by atoms with van der Waals surface area (Å²) < 4.78 is 19.4. The fourth-order valence-corrected chi connectivity index (χ4v) is 2.66. The number of nitrogens with two attached hydrogens (primary N) is 1. The molecule has 1 aliphatic carbocycles. The first-order valence-corrected chi connectivity index (χ1v) is 6.86. The van der Waals surface area contributed by atoms with E-state index in [4.69, 9.17) is 22.7 Å². The smallest absolute Gasteiger partial charge is 0.137 e. The Kier molecular flexibility index (Phi) is 3.40. The highest BCUT2D eigenvalue weighted by molar-refractivity contribution is 7.80. The van der Waals surface area contributed by atoms with E-state index in [0.29, 0.717) is 18.3 Å². The van der Waals surface area contributed by atoms with Crippen LogP contribution in [0.25, 0.3) is 0 Å². The van der Waals surface area contributed by atoms with Crippen molar-refractivity contribution in [3.8, 4) is 5.75 Å². The van der Waals surface area contributed by atoms with Crippen molar-refractivity contribution in [2.45, 2.75) is 12.3 Å². The minimum Gasteiger partial charge on any atom is -0.493 e. The fourth-order valence-electron chi connectivity index (χ4n) is 2.49. The summed E-state index contributed by atoms with van der Waals surface area (Å²) in [6.45, 7) is 0.558. The van der Waals surface area contributed by atoms with Crippen molar-refractivity contribution < 1.29 is 9.13 Å². The minimum absolute atomic E-state index is 0.0574. The van der Waals surface area contributed by atoms with E-state index in [-0.39, 0.29) is 10.6 Å². The molecule has 3 rings (SSSR count). The van der Waals surface area contributed by atoms with Crippen LogP contribution in [0.3, 0.4) is 0 Å². The van der Waals surface area contributed by atoms with Crippen molar-refractivity contribution in [3.05, 3.63) is 65.0 Å². The standard InChI is InChI=1S/C16H14FNOS/c17-15-8-12(5-6-14(15)16(18)20)19-9-11-7-10-3-1-2-4-13(10)11/h1-6,8,11H,7,9H2,(H2,18,20). The molecule has 4 heteroatoms. The average Bonchev–Trinajstić information content (AvgIpc) is 2.39. The molecule has 1 aliphatic rings. The van der Waals surface area contributed by atoms with Gasteiger partial charge < -0.3 is 10.5 Å². The lowest BCUT2D eigenvalue weighted by molar-refractivity contribution is 0.274. The second-order valence-electron chi connectivity index (χ2n) is 4.92. The number of ether oxygens (including phenoxy) is 1. The Morgan fingerprint density at radius 3 is 2.80 bits per heavy atom. The highest BCUT2D eigenvalue weighted by Gasteiger charge is 2.25. The van der Waals surface area contributed by atoms with Crippen LogP contribution >= 0.6 is 12.2 Å². The molecule has 102 valence electrons. The van der Waals surface area contributed by atoms with Gasteiger partial charge in [0.05, 0.1) is 6.61 Å². The Balaban J connectivity index is 1.66. The van der Waals surface area contributed by atoms with Gasteiger partial charge >= 0.3 is 0 Å². The molecule has 2 N–H and O–H groups in total. The summed E-state index contributed by atoms with van der Waals surface area (Å²) in [5.41, 5.74) is 8.37. The number of benzene rings is 2. The van der Waals surface area contributed by atoms with Gasteiger partial charge in [-0.3, -0.25) is 0 Å². The van der Waals surface area contributed by atoms with Crippen LogP contribution in [-0.2, 0) is 6.42 Å². The molecule has 2 aromatic carbocycles. The second-order valence-corrected chi connectivity index (χ2v) is 5.36. The van der Waals surface area contributed by atoms with Crippen molar-refractivity contribution in [3.63, 3.8) is 0 Å². The first-order valence-electron chi connectivity index (χ1n) is 6.45. The van der Waals surface area contributed by atoms with Gasteiger partial charge in [-0.15, -0.1) is 0 Å². The maximum absolute atomic E-state index is 13.7. The summed E-state index contributed by atoms with van der Waals surface area (Å²) in [5, 5.41) is 0. The van der Waals surface area contributed by atoms with E-state index in [1.54, 1.807) is 12.1 Å². The third-order valence-electron chi connectivity index (χ3n) is 3.62. The SMILES string of the molecule is NC(=S)c1ccc(OCC2Cc3ccccc32)cc1F. The van der Waals surface area contributed by atoms with Crippen molar-refractivity contribution in [1.82, 2.24) is 0 Å². The van der Waals surface area contributed by atoms with Gasteiger partial charge in [-0.25, -0.2) is 4.39 Å². The van der Waals surface area contributed by atoms with Crippen LogP contribution in [0.2, 0.25) is 0 Å². The lowest BCUT2D eigenvalue weighted by Gasteiger charge is -2.29. The highest BCUT2D eigenvalue weighted by Crippen LogP contribution is 2.35. The van der Waals surface area contributed by atoms with Crippen LogP contribution in [0.15, 0.2) is 42.5 Å². The molecule has 0 fully saturated rings. The van der Waals surface area contributed by atoms with Crippen molar-refractivity contribution >= 4 is 17.2 Å². The van der Waals surface area contributed by atoms with Gasteiger partial charge in [0, 0.05) is 17.5 Å². The molecule has 20 heavy (non-hydrogen) atoms. The van der Waals surface area contributed by atoms with Gasteiger partial charge in [0.15, 0.2) is 0 Å². The molecule has 2 nitrogen and oxygen atoms in total. The summed E-state index contributed by atoms with van der Waals surface area (Å²) in [5.74, 6) is 0.459. The molecule has 2 aromatic rings. The minimum atomic E-state index is -0.441. The van der Waals surface area contributed by atoms with Crippen LogP contribution in [0.5, 0.6) is 5.75 Å². The molecule has 0 saturated carbocycles. The Morgan fingerprint density at radius 2 is 2.10 bits per heavy atom. The first-order chi connectivity index (χ1) is 9.65. The normalized spacial score (nSPS) is 16.1. The summed E-state index contributed by atoms with van der Waals surface area (Å²) >= 11 is 4.77. The third kappa shape index (κ3) is 2.39. The van der Waals surface area contributed by atoms with Crippen LogP contribution in [0.4, 0.5) is 4.39 Å². The van der Waals surface area contributed by atoms with Crippen LogP contribution < -0.4 is 10.5 Å². The molecule has 0 bridgehead atoms. The van der Waals surface area contributed by atoms with E-state index in [2.05, 4.69) is 12.1 Å². The van der Waals surface area contributed by atoms with Crippen molar-refractivity contribution in [2.75, 3.05) is 6.61 Å². The zero-order chi connectivity index (χ0) is 14.1. The molecule has 0 radical (unpaired) electrons. The number of halogens is 1. The largest absolute Gasteiger partial charge is 0.493 e. The van der Waals surface area contributed by atoms with E-state index < -0.39 is 5.82 Å². The Labute approximate surface area is 122 Å². The lowest BCUT2D eigenvalue weighted by atomic mass is 9.78. The predicted octanol–water partition coefficient (Wildman–Crippen LogP) is 3.18. The number of fused-ring (bicyclic) bond motifs is 1. The van der Waals surface area contributed by atoms with Crippen LogP contribution in [0.1, 0.15) is 22.6 Å². The Hall–Kier alpha value is -1.94. The molecular weight excluding hydrogens is 273 g/mol. The van der Waals surface area contributed by atoms with Gasteiger partial charge in [-0.2, -0.15) is 0 Å². The predicted molar refractivity (Wildman–Crippen MR) is 80.7 cm³/mol. The number of rotatable bonds is 4. The number of thiocarbonyl (C=S) groups is 1. The summed E-state index contributed by atoms with van der Waals surface area (Å²) in [6.07, 6.45) is 1.02. The van der Waals surface area contributed by atoms with Crippen LogP contribution in [-0.4, -0.2) is 11.6 Å². The quantitative estimate of drug-likeness (QED) is 0.877. The molecule has 0 aromatic heterocycles. The van der Waals surface area contributed by atoms with E-state index in [1.165, 1.54) is 17.2 Å². The van der Waals surface area contributed by atoms with Crippen LogP contribution in [0, 0.1) is 5.82 Å². The Bertz CT molecular complexity index is 671. The van der Waals surface area contributed by atoms with E-state index in [1.807, 2.05) is 12.1 Å². The average molecular weight is 287 g/mol. The molecule has 0 aliphatic heterocycles. The number of hydrogen-bond donors (Lipinski definition) is 1. The molecule has 1 unspecified atom stereocenters. The maximum Gasteiger partial charge on any atom is 0.137 e. The fraction of sp³-hybridized carbons (Fsp3) is 0.188. The first kappa shape index (κ1) is 13.1. The van der Waals surface area contributed by atoms with E-state index in [0.717, 1.165) is 6.42 Å². The summed E-state index contributed by atoms with van der Waals surface area (Å²) in [6, 6.07) is 12.9. The maximum atomic E-state index is 13.7. The second kappa shape index (κ2) is 5.21. The third-order valence-corrected chi connectivity index (χ3v) is 3.84. The van der Waals surface area contributed by atoms with Gasteiger partial charge in [0.25, 0.3) is 0 Å². The monoisotopic (exact) mass is 287 g/mol. The zero-order valence-corrected chi connectivity index (χ0v) is 11.6. The molecule has 0 saturated heterocycles. The van der Waals surface area contributed by atoms with E-state index in [9.17, 15) is 4.39 Å². The lowest BCUT2D eigenvalue weighted by Crippen LogP contribution is -2.23. The molecule has 1 atom stereocenters. The molecule has 0 spiro atoms. The molecule has 0 heterocycles. The summed E-state index contributed by atoms with van der Waals surface area (Å²) in [4.78, 5) is 0.0574. The topological polar surface area (TPSA) is 35.2 Å². The van der Waals surface area contributed by atoms with E-state index >= 15 is 0 Å². The highest BCUT2D eigenvalue weighted by atomic mass is 32.1. The summed E-state index contributed by atoms with van der Waals surface area (Å²) in [7, 11) is 0. The van der Waals surface area contributed by atoms with Gasteiger partial charge in [0.1, 0.15) is 16.6 Å². The van der Waals surface area contributed by atoms with Crippen molar-refractivity contribution in [1.29, 1.82) is 0 Å². The Morgan fingerprint density at radius 1 is 1.30 bits per heavy atom.